The molecule has 0 fully saturated rings. The van der Waals surface area contributed by atoms with Gasteiger partial charge in [-0.1, -0.05) is 182 Å². The van der Waals surface area contributed by atoms with E-state index in [1.54, 1.807) is 40.6 Å². The molecule has 12 aromatic rings. The van der Waals surface area contributed by atoms with Crippen LogP contribution in [-0.2, 0) is 71.7 Å². The third-order valence-electron chi connectivity index (χ3n) is 18.2. The first kappa shape index (κ1) is 67.0. The lowest BCUT2D eigenvalue weighted by molar-refractivity contribution is 0.0000347. The molecule has 0 aliphatic carbocycles. The molecule has 2 aliphatic rings. The maximum absolute atomic E-state index is 11.9. The smallest absolute Gasteiger partial charge is 0.337 e. The summed E-state index contributed by atoms with van der Waals surface area (Å²) >= 11 is 0. The maximum atomic E-state index is 11.9. The molecule has 2 heterocycles. The molecule has 0 bridgehead atoms. The van der Waals surface area contributed by atoms with Crippen LogP contribution in [0, 0.1) is 0 Å². The van der Waals surface area contributed by atoms with Gasteiger partial charge in [0.05, 0.1) is 60.9 Å². The first-order valence-corrected chi connectivity index (χ1v) is 33.0. The van der Waals surface area contributed by atoms with E-state index in [0.29, 0.717) is 45.2 Å². The number of carbonyl (C=O) groups is 1. The maximum Gasteiger partial charge on any atom is 0.337 e. The van der Waals surface area contributed by atoms with Crippen LogP contribution < -0.4 is 37.9 Å². The van der Waals surface area contributed by atoms with E-state index >= 15 is 0 Å². The lowest BCUT2D eigenvalue weighted by Crippen LogP contribution is -2.32. The van der Waals surface area contributed by atoms with Crippen molar-refractivity contribution in [2.24, 2.45) is 0 Å². The highest BCUT2D eigenvalue weighted by molar-refractivity contribution is 5.89. The van der Waals surface area contributed by atoms with Crippen molar-refractivity contribution in [2.45, 2.75) is 57.5 Å². The van der Waals surface area contributed by atoms with E-state index in [0.717, 1.165) is 141 Å². The molecule has 13 heteroatoms. The quantitative estimate of drug-likeness (QED) is 0.0454. The Morgan fingerprint density at radius 1 is 0.340 bits per heavy atom. The number of aliphatic hydroxyl groups excluding tert-OH is 1. The zero-order chi connectivity index (χ0) is 68.8. The fourth-order valence-corrected chi connectivity index (χ4v) is 13.0. The van der Waals surface area contributed by atoms with Gasteiger partial charge in [-0.3, -0.25) is 0 Å². The van der Waals surface area contributed by atoms with Gasteiger partial charge < -0.3 is 57.2 Å². The molecular weight excluding hydrogens is 1250 g/mol. The van der Waals surface area contributed by atoms with Crippen LogP contribution in [0.1, 0.15) is 82.7 Å². The van der Waals surface area contributed by atoms with Gasteiger partial charge in [-0.25, -0.2) is 4.79 Å². The van der Waals surface area contributed by atoms with Crippen molar-refractivity contribution >= 4 is 5.97 Å². The summed E-state index contributed by atoms with van der Waals surface area (Å²) in [4.78, 5) is 11.9. The van der Waals surface area contributed by atoms with Crippen LogP contribution in [-0.4, -0.2) is 46.6 Å². The summed E-state index contributed by atoms with van der Waals surface area (Å²) in [5.74, 6) is 5.85. The van der Waals surface area contributed by atoms with Crippen LogP contribution in [0.4, 0.5) is 0 Å². The number of fused-ring (bicyclic) bond motifs is 6. The predicted octanol–water partition coefficient (Wildman–Crippen LogP) is 18.0. The van der Waals surface area contributed by atoms with Gasteiger partial charge in [0.15, 0.2) is 0 Å². The molecular formula is C87H76O13. The summed E-state index contributed by atoms with van der Waals surface area (Å²) in [6.07, 6.45) is 0. The summed E-state index contributed by atoms with van der Waals surface area (Å²) in [6, 6.07) is 92.5. The number of carbonyl (C=O) groups excluding carboxylic acids is 1. The number of benzene rings is 12. The van der Waals surface area contributed by atoms with Crippen molar-refractivity contribution in [3.63, 3.8) is 0 Å². The lowest BCUT2D eigenvalue weighted by atomic mass is 9.80. The molecule has 2 aliphatic heterocycles. The topological polar surface area (TPSA) is 139 Å². The third kappa shape index (κ3) is 14.5. The van der Waals surface area contributed by atoms with Gasteiger partial charge >= 0.3 is 5.97 Å². The van der Waals surface area contributed by atoms with E-state index in [1.165, 1.54) is 7.11 Å². The van der Waals surface area contributed by atoms with Crippen LogP contribution in [0.2, 0.25) is 0 Å². The van der Waals surface area contributed by atoms with Crippen LogP contribution in [0.3, 0.4) is 0 Å². The average Bonchev–Trinajstić information content (AvgIpc) is 0.761. The van der Waals surface area contributed by atoms with Crippen molar-refractivity contribution in [3.05, 3.63) is 357 Å². The highest BCUT2D eigenvalue weighted by atomic mass is 16.5. The second kappa shape index (κ2) is 30.9. The van der Waals surface area contributed by atoms with Crippen LogP contribution in [0.25, 0.3) is 22.3 Å². The highest BCUT2D eigenvalue weighted by Crippen LogP contribution is 2.47. The number of methoxy groups -OCH3 is 5. The minimum absolute atomic E-state index is 0.0104. The Labute approximate surface area is 583 Å². The number of hydrogen-bond donors (Lipinski definition) is 1. The normalized spacial score (nSPS) is 11.9. The van der Waals surface area contributed by atoms with Crippen molar-refractivity contribution in [1.29, 1.82) is 0 Å². The molecule has 100 heavy (non-hydrogen) atoms. The van der Waals surface area contributed by atoms with E-state index in [2.05, 4.69) is 121 Å². The monoisotopic (exact) mass is 1330 g/mol. The minimum Gasteiger partial charge on any atom is -0.497 e. The summed E-state index contributed by atoms with van der Waals surface area (Å²) in [5, 5.41) is 9.45. The molecule has 0 aromatic heterocycles. The fraction of sp³-hybridized carbons (Fsp3) is 0.161. The van der Waals surface area contributed by atoms with Crippen LogP contribution >= 0.6 is 0 Å². The predicted molar refractivity (Wildman–Crippen MR) is 385 cm³/mol. The Hall–Kier alpha value is -11.6. The first-order chi connectivity index (χ1) is 49.1. The SMILES string of the molecule is COC(=O)c1cccc(COc2ccc3c(c2)COc2cc(COC(c4ccccc4)(c4ccc(OC)cc4)c4ccc(OC)cc4)ccc2-3)c1.COc1ccc(C(OCc2ccc3c(c2)OCc2cc(OCc4cccc(CO)c4)ccc2-3)(c2ccccc2)c2ccc(OC)cc2)cc1. The average molecular weight is 1330 g/mol. The molecule has 12 aromatic carbocycles. The molecule has 1 N–H and O–H groups in total. The Kier molecular flexibility index (Phi) is 20.7. The number of aliphatic hydroxyl groups is 1. The van der Waals surface area contributed by atoms with Crippen molar-refractivity contribution in [3.8, 4) is 68.2 Å². The van der Waals surface area contributed by atoms with Gasteiger partial charge in [-0.2, -0.15) is 0 Å². The van der Waals surface area contributed by atoms with E-state index in [9.17, 15) is 9.90 Å². The van der Waals surface area contributed by atoms with E-state index in [-0.39, 0.29) is 12.6 Å². The minimum atomic E-state index is -0.930. The molecule has 13 nitrogen and oxygen atoms in total. The van der Waals surface area contributed by atoms with E-state index in [4.69, 9.17) is 52.1 Å². The summed E-state index contributed by atoms with van der Waals surface area (Å²) in [5.41, 5.74) is 15.6. The van der Waals surface area contributed by atoms with Crippen molar-refractivity contribution in [2.75, 3.05) is 35.5 Å². The molecule has 0 spiro atoms. The van der Waals surface area contributed by atoms with Gasteiger partial charge in [0.1, 0.15) is 83.6 Å². The van der Waals surface area contributed by atoms with Gasteiger partial charge in [0.2, 0.25) is 0 Å². The van der Waals surface area contributed by atoms with Crippen LogP contribution in [0.5, 0.6) is 46.0 Å². The Bertz CT molecular complexity index is 4650. The molecule has 502 valence electrons. The zero-order valence-electron chi connectivity index (χ0n) is 56.4. The van der Waals surface area contributed by atoms with Gasteiger partial charge in [-0.05, 0) is 169 Å². The standard InChI is InChI=1S/C44H38O7.C43H38O6/c1-46-37-17-13-35(14-18-37)44(34-10-5-4-6-11-34,36-15-19-38(47-2)20-16-36)51-28-31-12-22-41-40-23-21-39(26-33(40)29-50-42(41)25-31)49-27-30-8-7-9-32(24-30)43(45)48-3;1-45-37-16-12-35(13-17-37)43(34-9-4-3-5-10-34,36-14-18-38(46-2)19-15-36)49-28-32-11-21-41-40-22-20-39(25-33(40)29-48-42(41)24-32)47-27-31-8-6-7-30(23-31)26-44/h4-26H,27-29H2,1-3H3;3-25,44H,26-29H2,1-2H3. The Morgan fingerprint density at radius 2 is 0.690 bits per heavy atom. The number of esters is 1. The summed E-state index contributed by atoms with van der Waals surface area (Å²) in [6.45, 7) is 2.26. The highest BCUT2D eigenvalue weighted by Gasteiger charge is 2.40. The second-order valence-corrected chi connectivity index (χ2v) is 24.2. The lowest BCUT2D eigenvalue weighted by Gasteiger charge is -2.36. The van der Waals surface area contributed by atoms with E-state index < -0.39 is 11.2 Å². The molecule has 0 unspecified atom stereocenters. The molecule has 0 radical (unpaired) electrons. The first-order valence-electron chi connectivity index (χ1n) is 33.0. The van der Waals surface area contributed by atoms with E-state index in [1.807, 2.05) is 146 Å². The fourth-order valence-electron chi connectivity index (χ4n) is 13.0. The molecule has 0 atom stereocenters. The summed E-state index contributed by atoms with van der Waals surface area (Å²) in [7, 11) is 8.04. The van der Waals surface area contributed by atoms with Gasteiger partial charge in [0.25, 0.3) is 0 Å². The van der Waals surface area contributed by atoms with Gasteiger partial charge in [-0.15, -0.1) is 0 Å². The molecule has 0 saturated carbocycles. The van der Waals surface area contributed by atoms with Crippen LogP contribution in [0.15, 0.2) is 279 Å². The van der Waals surface area contributed by atoms with Crippen molar-refractivity contribution in [1.82, 2.24) is 0 Å². The number of ether oxygens (including phenoxy) is 11. The third-order valence-corrected chi connectivity index (χ3v) is 18.2. The number of hydrogen-bond acceptors (Lipinski definition) is 13. The zero-order valence-corrected chi connectivity index (χ0v) is 56.4. The second-order valence-electron chi connectivity index (χ2n) is 24.2. The molecule has 0 saturated heterocycles. The number of rotatable bonds is 24. The van der Waals surface area contributed by atoms with Crippen molar-refractivity contribution < 1.29 is 62.0 Å². The molecule has 14 rings (SSSR count). The Morgan fingerprint density at radius 3 is 1.08 bits per heavy atom. The summed E-state index contributed by atoms with van der Waals surface area (Å²) < 4.78 is 65.8. The van der Waals surface area contributed by atoms with Gasteiger partial charge in [0, 0.05) is 22.3 Å². The molecule has 0 amide bonds. The Balaban J connectivity index is 0.000000179. The largest absolute Gasteiger partial charge is 0.497 e.